The van der Waals surface area contributed by atoms with E-state index in [2.05, 4.69) is 5.32 Å². The van der Waals surface area contributed by atoms with Gasteiger partial charge in [-0.3, -0.25) is 4.79 Å². The Morgan fingerprint density at radius 3 is 2.10 bits per heavy atom. The molecule has 1 aliphatic rings. The molecule has 1 fully saturated rings. The van der Waals surface area contributed by atoms with Gasteiger partial charge < -0.3 is 10.1 Å². The highest BCUT2D eigenvalue weighted by Gasteiger charge is 2.28. The average Bonchev–Trinajstić information content (AvgIpc) is 2.80. The van der Waals surface area contributed by atoms with E-state index in [9.17, 15) is 13.2 Å². The molecule has 4 rings (SSSR count). The van der Waals surface area contributed by atoms with Crippen LogP contribution in [0, 0.1) is 0 Å². The highest BCUT2D eigenvalue weighted by molar-refractivity contribution is 7.89. The predicted octanol–water partition coefficient (Wildman–Crippen LogP) is 3.63. The minimum atomic E-state index is -3.72. The molecule has 0 unspecified atom stereocenters. The van der Waals surface area contributed by atoms with Gasteiger partial charge in [-0.15, -0.1) is 0 Å². The third-order valence-corrected chi connectivity index (χ3v) is 6.93. The van der Waals surface area contributed by atoms with Crippen molar-refractivity contribution < 1.29 is 17.9 Å². The summed E-state index contributed by atoms with van der Waals surface area (Å²) < 4.78 is 32.7. The first-order valence-corrected chi connectivity index (χ1v) is 11.1. The second kappa shape index (κ2) is 8.79. The van der Waals surface area contributed by atoms with Gasteiger partial charge in [-0.25, -0.2) is 8.42 Å². The predicted molar refractivity (Wildman–Crippen MR) is 116 cm³/mol. The normalized spacial score (nSPS) is 14.9. The summed E-state index contributed by atoms with van der Waals surface area (Å²) in [6.45, 7) is 1.32. The van der Waals surface area contributed by atoms with Gasteiger partial charge in [-0.2, -0.15) is 4.31 Å². The topological polar surface area (TPSA) is 75.7 Å². The first-order valence-electron chi connectivity index (χ1n) is 9.69. The number of amides is 1. The second-order valence-corrected chi connectivity index (χ2v) is 8.82. The van der Waals surface area contributed by atoms with Crippen LogP contribution in [0.5, 0.6) is 0 Å². The van der Waals surface area contributed by atoms with Crippen molar-refractivity contribution in [2.45, 2.75) is 4.90 Å². The number of para-hydroxylation sites is 1. The zero-order chi connectivity index (χ0) is 21.0. The Kier molecular flexibility index (Phi) is 5.94. The molecule has 6 nitrogen and oxygen atoms in total. The number of sulfonamides is 1. The van der Waals surface area contributed by atoms with Gasteiger partial charge in [-0.05, 0) is 35.4 Å². The van der Waals surface area contributed by atoms with E-state index in [0.717, 1.165) is 11.1 Å². The maximum Gasteiger partial charge on any atom is 0.255 e. The van der Waals surface area contributed by atoms with Crippen LogP contribution in [0.4, 0.5) is 5.69 Å². The number of hydrogen-bond acceptors (Lipinski definition) is 4. The molecule has 1 amide bonds. The third-order valence-electron chi connectivity index (χ3n) is 4.98. The maximum atomic E-state index is 13.0. The number of carbonyl (C=O) groups excluding carboxylic acids is 1. The largest absolute Gasteiger partial charge is 0.379 e. The lowest BCUT2D eigenvalue weighted by atomic mass is 10.0. The molecule has 1 heterocycles. The van der Waals surface area contributed by atoms with Gasteiger partial charge in [0.1, 0.15) is 4.90 Å². The number of nitrogens with one attached hydrogen (secondary N) is 1. The van der Waals surface area contributed by atoms with Crippen molar-refractivity contribution in [3.05, 3.63) is 84.4 Å². The zero-order valence-electron chi connectivity index (χ0n) is 16.3. The first-order chi connectivity index (χ1) is 14.6. The van der Waals surface area contributed by atoms with Gasteiger partial charge in [0, 0.05) is 18.7 Å². The number of anilines is 1. The Bertz CT molecular complexity index is 1120. The van der Waals surface area contributed by atoms with Crippen LogP contribution < -0.4 is 5.32 Å². The monoisotopic (exact) mass is 422 g/mol. The molecule has 1 saturated heterocycles. The zero-order valence-corrected chi connectivity index (χ0v) is 17.1. The van der Waals surface area contributed by atoms with Gasteiger partial charge in [0.05, 0.1) is 18.9 Å². The number of rotatable bonds is 5. The molecule has 0 radical (unpaired) electrons. The molecule has 1 N–H and O–H groups in total. The summed E-state index contributed by atoms with van der Waals surface area (Å²) in [6.07, 6.45) is 0. The number of benzene rings is 3. The lowest BCUT2D eigenvalue weighted by Gasteiger charge is -2.26. The fourth-order valence-electron chi connectivity index (χ4n) is 3.36. The second-order valence-electron chi connectivity index (χ2n) is 6.91. The summed E-state index contributed by atoms with van der Waals surface area (Å²) >= 11 is 0. The summed E-state index contributed by atoms with van der Waals surface area (Å²) in [5.41, 5.74) is 2.78. The summed E-state index contributed by atoms with van der Waals surface area (Å²) in [5.74, 6) is -0.362. The van der Waals surface area contributed by atoms with Gasteiger partial charge in [0.2, 0.25) is 10.0 Å². The lowest BCUT2D eigenvalue weighted by Crippen LogP contribution is -2.40. The van der Waals surface area contributed by atoms with Crippen LogP contribution in [-0.4, -0.2) is 44.9 Å². The molecule has 0 atom stereocenters. The molecular formula is C23H22N2O4S. The number of carbonyl (C=O) groups is 1. The molecule has 30 heavy (non-hydrogen) atoms. The van der Waals surface area contributed by atoms with Gasteiger partial charge in [0.25, 0.3) is 5.91 Å². The Morgan fingerprint density at radius 1 is 0.800 bits per heavy atom. The molecule has 154 valence electrons. The molecule has 1 aliphatic heterocycles. The number of hydrogen-bond donors (Lipinski definition) is 1. The fraction of sp³-hybridized carbons (Fsp3) is 0.174. The van der Waals surface area contributed by atoms with Crippen molar-refractivity contribution in [2.75, 3.05) is 31.6 Å². The van der Waals surface area contributed by atoms with E-state index in [1.165, 1.54) is 10.4 Å². The molecule has 0 aromatic heterocycles. The van der Waals surface area contributed by atoms with E-state index in [-0.39, 0.29) is 16.5 Å². The van der Waals surface area contributed by atoms with Crippen molar-refractivity contribution in [3.63, 3.8) is 0 Å². The minimum absolute atomic E-state index is 0.0844. The molecular weight excluding hydrogens is 400 g/mol. The summed E-state index contributed by atoms with van der Waals surface area (Å²) in [5, 5.41) is 2.76. The molecule has 3 aromatic carbocycles. The van der Waals surface area contributed by atoms with Crippen LogP contribution in [0.1, 0.15) is 10.4 Å². The number of morpholine rings is 1. The Morgan fingerprint density at radius 2 is 1.40 bits per heavy atom. The minimum Gasteiger partial charge on any atom is -0.379 e. The van der Waals surface area contributed by atoms with Gasteiger partial charge >= 0.3 is 0 Å². The van der Waals surface area contributed by atoms with Crippen LogP contribution in [0.15, 0.2) is 83.8 Å². The fourth-order valence-corrected chi connectivity index (χ4v) is 4.92. The Hall–Kier alpha value is -3.00. The van der Waals surface area contributed by atoms with Crippen molar-refractivity contribution in [1.29, 1.82) is 0 Å². The van der Waals surface area contributed by atoms with E-state index in [1.807, 2.05) is 42.5 Å². The van der Waals surface area contributed by atoms with Gasteiger partial charge in [0.15, 0.2) is 0 Å². The van der Waals surface area contributed by atoms with Crippen molar-refractivity contribution in [1.82, 2.24) is 4.31 Å². The Balaban J connectivity index is 1.55. The van der Waals surface area contributed by atoms with E-state index in [1.54, 1.807) is 30.3 Å². The van der Waals surface area contributed by atoms with Crippen LogP contribution in [-0.2, 0) is 14.8 Å². The standard InChI is InChI=1S/C23H22N2O4S/c26-23(20-12-10-19(11-13-20)18-6-2-1-3-7-18)24-21-8-4-5-9-22(21)30(27,28)25-14-16-29-17-15-25/h1-13H,14-17H2,(H,24,26). The molecule has 0 bridgehead atoms. The summed E-state index contributed by atoms with van der Waals surface area (Å²) in [7, 11) is -3.72. The molecule has 0 aliphatic carbocycles. The first kappa shape index (κ1) is 20.3. The van der Waals surface area contributed by atoms with Crippen molar-refractivity contribution >= 4 is 21.6 Å². The number of ether oxygens (including phenoxy) is 1. The van der Waals surface area contributed by atoms with Crippen LogP contribution in [0.25, 0.3) is 11.1 Å². The summed E-state index contributed by atoms with van der Waals surface area (Å²) in [4.78, 5) is 12.9. The Labute approximate surface area is 176 Å². The molecule has 7 heteroatoms. The molecule has 0 spiro atoms. The lowest BCUT2D eigenvalue weighted by molar-refractivity contribution is 0.0730. The van der Waals surface area contributed by atoms with E-state index in [4.69, 9.17) is 4.74 Å². The summed E-state index contributed by atoms with van der Waals surface area (Å²) in [6, 6.07) is 23.6. The SMILES string of the molecule is O=C(Nc1ccccc1S(=O)(=O)N1CCOCC1)c1ccc(-c2ccccc2)cc1. The maximum absolute atomic E-state index is 13.0. The average molecular weight is 423 g/mol. The van der Waals surface area contributed by atoms with E-state index in [0.29, 0.717) is 31.9 Å². The van der Waals surface area contributed by atoms with Crippen LogP contribution in [0.3, 0.4) is 0 Å². The molecule has 0 saturated carbocycles. The van der Waals surface area contributed by atoms with Crippen molar-refractivity contribution in [3.8, 4) is 11.1 Å². The van der Waals surface area contributed by atoms with E-state index >= 15 is 0 Å². The highest BCUT2D eigenvalue weighted by Crippen LogP contribution is 2.26. The highest BCUT2D eigenvalue weighted by atomic mass is 32.2. The third kappa shape index (κ3) is 4.28. The number of nitrogens with zero attached hydrogens (tertiary/aromatic N) is 1. The van der Waals surface area contributed by atoms with Crippen LogP contribution in [0.2, 0.25) is 0 Å². The smallest absolute Gasteiger partial charge is 0.255 e. The van der Waals surface area contributed by atoms with Crippen molar-refractivity contribution in [2.24, 2.45) is 0 Å². The van der Waals surface area contributed by atoms with Crippen LogP contribution >= 0.6 is 0 Å². The van der Waals surface area contributed by atoms with E-state index < -0.39 is 10.0 Å². The molecule has 3 aromatic rings. The van der Waals surface area contributed by atoms with Gasteiger partial charge in [-0.1, -0.05) is 54.6 Å². The quantitative estimate of drug-likeness (QED) is 0.681.